The SMILES string of the molecule is CC(CN1CCCC1)NCc1cccc(Br)c1. The van der Waals surface area contributed by atoms with Crippen LogP contribution < -0.4 is 5.32 Å². The van der Waals surface area contributed by atoms with E-state index in [2.05, 4.69) is 57.3 Å². The fraction of sp³-hybridized carbons (Fsp3) is 0.571. The van der Waals surface area contributed by atoms with Crippen molar-refractivity contribution in [3.63, 3.8) is 0 Å². The van der Waals surface area contributed by atoms with Crippen molar-refractivity contribution >= 4 is 15.9 Å². The molecule has 0 aromatic heterocycles. The molecule has 1 fully saturated rings. The molecule has 3 heteroatoms. The van der Waals surface area contributed by atoms with E-state index in [1.807, 2.05) is 0 Å². The number of halogens is 1. The molecule has 1 atom stereocenters. The quantitative estimate of drug-likeness (QED) is 0.898. The molecule has 17 heavy (non-hydrogen) atoms. The van der Waals surface area contributed by atoms with Gasteiger partial charge in [-0.15, -0.1) is 0 Å². The Labute approximate surface area is 113 Å². The maximum absolute atomic E-state index is 3.59. The second-order valence-electron chi connectivity index (χ2n) is 4.92. The number of likely N-dealkylation sites (tertiary alicyclic amines) is 1. The van der Waals surface area contributed by atoms with E-state index in [0.29, 0.717) is 6.04 Å². The molecular formula is C14H21BrN2. The zero-order valence-electron chi connectivity index (χ0n) is 10.5. The highest BCUT2D eigenvalue weighted by Crippen LogP contribution is 2.12. The smallest absolute Gasteiger partial charge is 0.0208 e. The summed E-state index contributed by atoms with van der Waals surface area (Å²) in [5.41, 5.74) is 1.34. The van der Waals surface area contributed by atoms with Crippen molar-refractivity contribution < 1.29 is 0 Å². The van der Waals surface area contributed by atoms with Gasteiger partial charge in [0.15, 0.2) is 0 Å². The van der Waals surface area contributed by atoms with Crippen molar-refractivity contribution in [3.8, 4) is 0 Å². The number of nitrogens with zero attached hydrogens (tertiary/aromatic N) is 1. The molecule has 1 saturated heterocycles. The van der Waals surface area contributed by atoms with Gasteiger partial charge in [0.25, 0.3) is 0 Å². The van der Waals surface area contributed by atoms with Gasteiger partial charge in [-0.1, -0.05) is 28.1 Å². The monoisotopic (exact) mass is 296 g/mol. The van der Waals surface area contributed by atoms with Gasteiger partial charge in [-0.3, -0.25) is 0 Å². The lowest BCUT2D eigenvalue weighted by Gasteiger charge is -2.21. The lowest BCUT2D eigenvalue weighted by molar-refractivity contribution is 0.298. The highest BCUT2D eigenvalue weighted by molar-refractivity contribution is 9.10. The van der Waals surface area contributed by atoms with Gasteiger partial charge in [0.1, 0.15) is 0 Å². The molecule has 0 saturated carbocycles. The summed E-state index contributed by atoms with van der Waals surface area (Å²) in [5.74, 6) is 0. The van der Waals surface area contributed by atoms with Crippen LogP contribution in [0.3, 0.4) is 0 Å². The molecule has 1 heterocycles. The molecule has 0 spiro atoms. The topological polar surface area (TPSA) is 15.3 Å². The largest absolute Gasteiger partial charge is 0.309 e. The average Bonchev–Trinajstić information content (AvgIpc) is 2.79. The molecule has 2 rings (SSSR count). The summed E-state index contributed by atoms with van der Waals surface area (Å²) in [6.07, 6.45) is 2.75. The van der Waals surface area contributed by atoms with Crippen molar-refractivity contribution in [1.29, 1.82) is 0 Å². The van der Waals surface area contributed by atoms with Gasteiger partial charge in [-0.2, -0.15) is 0 Å². The number of nitrogens with one attached hydrogen (secondary N) is 1. The normalized spacial score (nSPS) is 18.5. The Morgan fingerprint density at radius 1 is 1.35 bits per heavy atom. The molecule has 1 unspecified atom stereocenters. The Morgan fingerprint density at radius 3 is 2.82 bits per heavy atom. The van der Waals surface area contributed by atoms with Crippen molar-refractivity contribution in [2.24, 2.45) is 0 Å². The first kappa shape index (κ1) is 13.1. The van der Waals surface area contributed by atoms with Gasteiger partial charge in [0, 0.05) is 23.6 Å². The van der Waals surface area contributed by atoms with Crippen LogP contribution in [-0.2, 0) is 6.54 Å². The van der Waals surface area contributed by atoms with Crippen LogP contribution in [0.4, 0.5) is 0 Å². The molecule has 1 aromatic rings. The second kappa shape index (κ2) is 6.53. The summed E-state index contributed by atoms with van der Waals surface area (Å²) in [6, 6.07) is 9.06. The first-order valence-corrected chi connectivity index (χ1v) is 7.23. The summed E-state index contributed by atoms with van der Waals surface area (Å²) >= 11 is 3.50. The number of hydrogen-bond acceptors (Lipinski definition) is 2. The van der Waals surface area contributed by atoms with Crippen LogP contribution in [0.25, 0.3) is 0 Å². The van der Waals surface area contributed by atoms with Gasteiger partial charge in [0.05, 0.1) is 0 Å². The summed E-state index contributed by atoms with van der Waals surface area (Å²) in [5, 5.41) is 3.59. The van der Waals surface area contributed by atoms with Gasteiger partial charge in [-0.05, 0) is 50.6 Å². The Bertz CT molecular complexity index is 348. The zero-order valence-corrected chi connectivity index (χ0v) is 12.0. The van der Waals surface area contributed by atoms with E-state index in [9.17, 15) is 0 Å². The number of benzene rings is 1. The molecule has 2 nitrogen and oxygen atoms in total. The summed E-state index contributed by atoms with van der Waals surface area (Å²) in [6.45, 7) is 6.96. The van der Waals surface area contributed by atoms with Gasteiger partial charge in [0.2, 0.25) is 0 Å². The van der Waals surface area contributed by atoms with Crippen LogP contribution in [0.15, 0.2) is 28.7 Å². The van der Waals surface area contributed by atoms with Crippen LogP contribution in [0.5, 0.6) is 0 Å². The second-order valence-corrected chi connectivity index (χ2v) is 5.84. The van der Waals surface area contributed by atoms with E-state index in [4.69, 9.17) is 0 Å². The Kier molecular flexibility index (Phi) is 5.01. The lowest BCUT2D eigenvalue weighted by Crippen LogP contribution is -2.37. The van der Waals surface area contributed by atoms with Crippen molar-refractivity contribution in [3.05, 3.63) is 34.3 Å². The maximum atomic E-state index is 3.59. The fourth-order valence-electron chi connectivity index (χ4n) is 2.36. The molecule has 1 aromatic carbocycles. The summed E-state index contributed by atoms with van der Waals surface area (Å²) < 4.78 is 1.16. The third-order valence-electron chi connectivity index (χ3n) is 3.27. The van der Waals surface area contributed by atoms with Crippen molar-refractivity contribution in [2.75, 3.05) is 19.6 Å². The minimum Gasteiger partial charge on any atom is -0.309 e. The summed E-state index contributed by atoms with van der Waals surface area (Å²) in [4.78, 5) is 2.55. The van der Waals surface area contributed by atoms with Gasteiger partial charge < -0.3 is 10.2 Å². The highest BCUT2D eigenvalue weighted by Gasteiger charge is 2.13. The highest BCUT2D eigenvalue weighted by atomic mass is 79.9. The van der Waals surface area contributed by atoms with E-state index in [1.54, 1.807) is 0 Å². The van der Waals surface area contributed by atoms with E-state index < -0.39 is 0 Å². The minimum atomic E-state index is 0.562. The average molecular weight is 297 g/mol. The molecular weight excluding hydrogens is 276 g/mol. The first-order chi connectivity index (χ1) is 8.24. The molecule has 0 bridgehead atoms. The Balaban J connectivity index is 1.73. The predicted octanol–water partition coefficient (Wildman–Crippen LogP) is 3.02. The van der Waals surface area contributed by atoms with Gasteiger partial charge >= 0.3 is 0 Å². The minimum absolute atomic E-state index is 0.562. The van der Waals surface area contributed by atoms with Crippen LogP contribution in [0, 0.1) is 0 Å². The molecule has 1 aliphatic heterocycles. The molecule has 1 aliphatic rings. The fourth-order valence-corrected chi connectivity index (χ4v) is 2.80. The zero-order chi connectivity index (χ0) is 12.1. The Hall–Kier alpha value is -0.380. The van der Waals surface area contributed by atoms with Crippen LogP contribution in [0.1, 0.15) is 25.3 Å². The third kappa shape index (κ3) is 4.41. The molecule has 0 aliphatic carbocycles. The van der Waals surface area contributed by atoms with Gasteiger partial charge in [-0.25, -0.2) is 0 Å². The first-order valence-electron chi connectivity index (χ1n) is 6.44. The van der Waals surface area contributed by atoms with E-state index in [-0.39, 0.29) is 0 Å². The number of hydrogen-bond donors (Lipinski definition) is 1. The maximum Gasteiger partial charge on any atom is 0.0208 e. The van der Waals surface area contributed by atoms with E-state index >= 15 is 0 Å². The van der Waals surface area contributed by atoms with E-state index in [0.717, 1.165) is 11.0 Å². The van der Waals surface area contributed by atoms with Crippen molar-refractivity contribution in [1.82, 2.24) is 10.2 Å². The molecule has 94 valence electrons. The van der Waals surface area contributed by atoms with Crippen LogP contribution in [0.2, 0.25) is 0 Å². The Morgan fingerprint density at radius 2 is 2.12 bits per heavy atom. The predicted molar refractivity (Wildman–Crippen MR) is 76.1 cm³/mol. The lowest BCUT2D eigenvalue weighted by atomic mass is 10.2. The molecule has 0 radical (unpaired) electrons. The standard InChI is InChI=1S/C14H21BrN2/c1-12(11-17-7-2-3-8-17)16-10-13-5-4-6-14(15)9-13/h4-6,9,12,16H,2-3,7-8,10-11H2,1H3. The summed E-state index contributed by atoms with van der Waals surface area (Å²) in [7, 11) is 0. The molecule has 1 N–H and O–H groups in total. The third-order valence-corrected chi connectivity index (χ3v) is 3.77. The molecule has 0 amide bonds. The van der Waals surface area contributed by atoms with Crippen LogP contribution in [-0.4, -0.2) is 30.6 Å². The van der Waals surface area contributed by atoms with Crippen molar-refractivity contribution in [2.45, 2.75) is 32.4 Å². The van der Waals surface area contributed by atoms with Crippen LogP contribution >= 0.6 is 15.9 Å². The number of rotatable bonds is 5. The van der Waals surface area contributed by atoms with E-state index in [1.165, 1.54) is 38.0 Å².